The van der Waals surface area contributed by atoms with Crippen LogP contribution in [0.3, 0.4) is 0 Å². The van der Waals surface area contributed by atoms with Gasteiger partial charge in [0, 0.05) is 12.5 Å². The summed E-state index contributed by atoms with van der Waals surface area (Å²) < 4.78 is 0. The Bertz CT molecular complexity index is 468. The fourth-order valence-electron chi connectivity index (χ4n) is 3.60. The summed E-state index contributed by atoms with van der Waals surface area (Å²) in [5.74, 6) is 0.152. The molecule has 5 heteroatoms. The van der Waals surface area contributed by atoms with E-state index >= 15 is 0 Å². The number of nitrogens with zero attached hydrogens (tertiary/aromatic N) is 1. The van der Waals surface area contributed by atoms with Gasteiger partial charge in [-0.05, 0) is 78.9 Å². The number of carbonyl (C=O) groups is 2. The van der Waals surface area contributed by atoms with E-state index in [9.17, 15) is 9.59 Å². The highest BCUT2D eigenvalue weighted by molar-refractivity contribution is 5.92. The van der Waals surface area contributed by atoms with Gasteiger partial charge in [0.2, 0.25) is 11.8 Å². The fraction of sp³-hybridized carbons (Fsp3) is 0.789. The minimum absolute atomic E-state index is 0.0690. The first-order chi connectivity index (χ1) is 11.0. The lowest BCUT2D eigenvalue weighted by Gasteiger charge is -2.47. The van der Waals surface area contributed by atoms with E-state index < -0.39 is 5.54 Å². The van der Waals surface area contributed by atoms with Crippen LogP contribution in [0.5, 0.6) is 0 Å². The molecular weight excluding hydrogens is 302 g/mol. The molecule has 0 aromatic heterocycles. The lowest BCUT2D eigenvalue weighted by molar-refractivity contribution is -0.139. The molecule has 0 aromatic carbocycles. The van der Waals surface area contributed by atoms with E-state index in [1.807, 2.05) is 40.9 Å². The van der Waals surface area contributed by atoms with Crippen LogP contribution in [-0.4, -0.2) is 48.4 Å². The summed E-state index contributed by atoms with van der Waals surface area (Å²) in [7, 11) is 4.06. The van der Waals surface area contributed by atoms with Crippen LogP contribution in [0, 0.1) is 11.8 Å². The summed E-state index contributed by atoms with van der Waals surface area (Å²) in [6.07, 6.45) is 5.36. The van der Waals surface area contributed by atoms with Gasteiger partial charge >= 0.3 is 0 Å². The topological polar surface area (TPSA) is 61.4 Å². The average Bonchev–Trinajstić information content (AvgIpc) is 2.43. The summed E-state index contributed by atoms with van der Waals surface area (Å²) in [6, 6.07) is 0. The summed E-state index contributed by atoms with van der Waals surface area (Å²) in [5, 5.41) is 6.13. The van der Waals surface area contributed by atoms with E-state index in [0.29, 0.717) is 6.42 Å². The number of rotatable bonds is 6. The minimum atomic E-state index is -0.855. The maximum absolute atomic E-state index is 13.2. The number of carbonyl (C=O) groups excluding carboxylic acids is 2. The first kappa shape index (κ1) is 20.7. The Morgan fingerprint density at radius 1 is 1.29 bits per heavy atom. The van der Waals surface area contributed by atoms with Crippen molar-refractivity contribution >= 4 is 11.8 Å². The second-order valence-electron chi connectivity index (χ2n) is 8.42. The third-order valence-electron chi connectivity index (χ3n) is 4.72. The molecule has 0 heterocycles. The van der Waals surface area contributed by atoms with Gasteiger partial charge in [0.1, 0.15) is 5.54 Å². The minimum Gasteiger partial charge on any atom is -0.349 e. The van der Waals surface area contributed by atoms with Crippen LogP contribution in [0.25, 0.3) is 0 Å². The van der Waals surface area contributed by atoms with Crippen LogP contribution in [-0.2, 0) is 9.59 Å². The summed E-state index contributed by atoms with van der Waals surface area (Å²) in [4.78, 5) is 27.3. The van der Waals surface area contributed by atoms with Crippen molar-refractivity contribution in [1.29, 1.82) is 0 Å². The molecule has 138 valence electrons. The maximum atomic E-state index is 13.2. The molecule has 1 fully saturated rings. The molecule has 1 aliphatic carbocycles. The van der Waals surface area contributed by atoms with Crippen LogP contribution in [0.2, 0.25) is 0 Å². The van der Waals surface area contributed by atoms with Crippen molar-refractivity contribution in [3.63, 3.8) is 0 Å². The highest BCUT2D eigenvalue weighted by Gasteiger charge is 2.50. The van der Waals surface area contributed by atoms with Gasteiger partial charge in [-0.15, -0.1) is 6.58 Å². The van der Waals surface area contributed by atoms with E-state index in [2.05, 4.69) is 22.1 Å². The lowest BCUT2D eigenvalue weighted by Crippen LogP contribution is -2.67. The Balaban J connectivity index is 3.19. The van der Waals surface area contributed by atoms with Crippen molar-refractivity contribution in [2.75, 3.05) is 20.6 Å². The molecule has 0 unspecified atom stereocenters. The number of hydrogen-bond donors (Lipinski definition) is 2. The highest BCUT2D eigenvalue weighted by atomic mass is 16.2. The van der Waals surface area contributed by atoms with Gasteiger partial charge in [-0.3, -0.25) is 9.59 Å². The molecule has 0 spiro atoms. The van der Waals surface area contributed by atoms with E-state index in [4.69, 9.17) is 0 Å². The Hall–Kier alpha value is -1.36. The molecule has 0 bridgehead atoms. The number of hydrogen-bond acceptors (Lipinski definition) is 3. The molecule has 0 aromatic rings. The van der Waals surface area contributed by atoms with Crippen LogP contribution in [0.1, 0.15) is 53.4 Å². The fourth-order valence-corrected chi connectivity index (χ4v) is 3.60. The molecule has 0 saturated heterocycles. The monoisotopic (exact) mass is 337 g/mol. The number of amides is 2. The van der Waals surface area contributed by atoms with Crippen LogP contribution in [0.15, 0.2) is 12.7 Å². The zero-order chi connectivity index (χ0) is 18.5. The van der Waals surface area contributed by atoms with Crippen LogP contribution >= 0.6 is 0 Å². The maximum Gasteiger partial charge on any atom is 0.246 e. The predicted molar refractivity (Wildman–Crippen MR) is 98.6 cm³/mol. The van der Waals surface area contributed by atoms with Crippen molar-refractivity contribution in [1.82, 2.24) is 15.5 Å². The Morgan fingerprint density at radius 3 is 2.38 bits per heavy atom. The lowest BCUT2D eigenvalue weighted by atomic mass is 9.66. The third kappa shape index (κ3) is 5.62. The molecule has 0 aliphatic heterocycles. The number of nitrogens with one attached hydrogen (secondary N) is 2. The SMILES string of the molecule is C=C[C@@H]1CC[C@H](CCN(C)C)[C@@](NC(C)=O)(C(=O)NC(C)(C)C)C1. The van der Waals surface area contributed by atoms with Gasteiger partial charge in [0.25, 0.3) is 0 Å². The van der Waals surface area contributed by atoms with E-state index in [1.54, 1.807) is 0 Å². The quantitative estimate of drug-likeness (QED) is 0.731. The summed E-state index contributed by atoms with van der Waals surface area (Å²) in [6.45, 7) is 12.2. The first-order valence-electron chi connectivity index (χ1n) is 8.89. The zero-order valence-electron chi connectivity index (χ0n) is 16.2. The van der Waals surface area contributed by atoms with Crippen molar-refractivity contribution in [2.45, 2.75) is 64.5 Å². The molecule has 3 atom stereocenters. The van der Waals surface area contributed by atoms with E-state index in [-0.39, 0.29) is 29.2 Å². The van der Waals surface area contributed by atoms with Gasteiger partial charge in [0.15, 0.2) is 0 Å². The molecule has 2 amide bonds. The Morgan fingerprint density at radius 2 is 1.92 bits per heavy atom. The largest absolute Gasteiger partial charge is 0.349 e. The van der Waals surface area contributed by atoms with E-state index in [0.717, 1.165) is 25.8 Å². The Labute approximate surface area is 147 Å². The average molecular weight is 338 g/mol. The second kappa shape index (κ2) is 8.15. The third-order valence-corrected chi connectivity index (χ3v) is 4.72. The standard InChI is InChI=1S/C19H35N3O2/c1-8-15-9-10-16(11-12-22(6)7)19(13-15,20-14(2)23)17(24)21-18(3,4)5/h8,15-16H,1,9-13H2,2-7H3,(H,20,23)(H,21,24)/t15-,16-,19-/m1/s1. The van der Waals surface area contributed by atoms with Gasteiger partial charge in [-0.2, -0.15) is 0 Å². The van der Waals surface area contributed by atoms with Crippen molar-refractivity contribution in [2.24, 2.45) is 11.8 Å². The van der Waals surface area contributed by atoms with E-state index in [1.165, 1.54) is 6.92 Å². The molecule has 5 nitrogen and oxygen atoms in total. The van der Waals surface area contributed by atoms with Crippen molar-refractivity contribution < 1.29 is 9.59 Å². The molecular formula is C19H35N3O2. The van der Waals surface area contributed by atoms with Gasteiger partial charge in [-0.1, -0.05) is 6.08 Å². The summed E-state index contributed by atoms with van der Waals surface area (Å²) in [5.41, 5.74) is -1.19. The first-order valence-corrected chi connectivity index (χ1v) is 8.89. The molecule has 2 N–H and O–H groups in total. The number of allylic oxidation sites excluding steroid dienone is 1. The smallest absolute Gasteiger partial charge is 0.246 e. The van der Waals surface area contributed by atoms with Gasteiger partial charge in [0.05, 0.1) is 0 Å². The van der Waals surface area contributed by atoms with Crippen LogP contribution in [0.4, 0.5) is 0 Å². The normalized spacial score (nSPS) is 27.6. The molecule has 1 saturated carbocycles. The summed E-state index contributed by atoms with van der Waals surface area (Å²) >= 11 is 0. The molecule has 24 heavy (non-hydrogen) atoms. The van der Waals surface area contributed by atoms with Gasteiger partial charge in [-0.25, -0.2) is 0 Å². The van der Waals surface area contributed by atoms with Crippen molar-refractivity contribution in [3.8, 4) is 0 Å². The van der Waals surface area contributed by atoms with Gasteiger partial charge < -0.3 is 15.5 Å². The molecule has 1 aliphatic rings. The second-order valence-corrected chi connectivity index (χ2v) is 8.42. The predicted octanol–water partition coefficient (Wildman–Crippen LogP) is 2.33. The highest BCUT2D eigenvalue weighted by Crippen LogP contribution is 2.40. The molecule has 0 radical (unpaired) electrons. The van der Waals surface area contributed by atoms with Crippen molar-refractivity contribution in [3.05, 3.63) is 12.7 Å². The van der Waals surface area contributed by atoms with Crippen LogP contribution < -0.4 is 10.6 Å². The molecule has 1 rings (SSSR count). The Kier molecular flexibility index (Phi) is 7.02. The zero-order valence-corrected chi connectivity index (χ0v) is 16.2.